The molecule has 1 aromatic rings. The molecule has 0 atom stereocenters. The number of rotatable bonds is 2. The summed E-state index contributed by atoms with van der Waals surface area (Å²) in [6, 6.07) is 0. The highest BCUT2D eigenvalue weighted by Gasteiger charge is 2.21. The molecule has 0 unspecified atom stereocenters. The number of hydrogen-bond donors (Lipinski definition) is 2. The zero-order valence-electron chi connectivity index (χ0n) is 9.68. The predicted molar refractivity (Wildman–Crippen MR) is 71.2 cm³/mol. The van der Waals surface area contributed by atoms with E-state index < -0.39 is 6.09 Å². The van der Waals surface area contributed by atoms with Crippen LogP contribution in [0.5, 0.6) is 0 Å². The molecule has 1 aliphatic rings. The molecular formula is C10H12BrN5O2. The Morgan fingerprint density at radius 3 is 3.11 bits per heavy atom. The van der Waals surface area contributed by atoms with Gasteiger partial charge in [0.1, 0.15) is 11.5 Å². The maximum Gasteiger partial charge on any atom is 0.436 e. The van der Waals surface area contributed by atoms with Crippen molar-refractivity contribution in [3.05, 3.63) is 16.2 Å². The molecule has 0 saturated carbocycles. The number of nitrogens with two attached hydrogens (primary N) is 1. The monoisotopic (exact) mass is 313 g/mol. The number of halogens is 1. The summed E-state index contributed by atoms with van der Waals surface area (Å²) in [6.45, 7) is 2.63. The molecule has 0 fully saturated rings. The van der Waals surface area contributed by atoms with E-state index in [1.165, 1.54) is 0 Å². The summed E-state index contributed by atoms with van der Waals surface area (Å²) in [6.07, 6.45) is 2.81. The largest absolute Gasteiger partial charge is 0.448 e. The minimum absolute atomic E-state index is 0.193. The number of anilines is 1. The van der Waals surface area contributed by atoms with Gasteiger partial charge in [0.2, 0.25) is 0 Å². The number of carbonyl (C=O) groups is 1. The van der Waals surface area contributed by atoms with Gasteiger partial charge in [-0.25, -0.2) is 9.79 Å². The van der Waals surface area contributed by atoms with Crippen molar-refractivity contribution < 1.29 is 9.53 Å². The Bertz CT molecular complexity index is 535. The second-order valence-electron chi connectivity index (χ2n) is 3.41. The van der Waals surface area contributed by atoms with Gasteiger partial charge in [0.05, 0.1) is 23.1 Å². The summed E-state index contributed by atoms with van der Waals surface area (Å²) < 4.78 is 6.40. The minimum Gasteiger partial charge on any atom is -0.448 e. The zero-order chi connectivity index (χ0) is 13.1. The third kappa shape index (κ3) is 2.23. The van der Waals surface area contributed by atoms with Gasteiger partial charge in [-0.05, 0) is 28.9 Å². The van der Waals surface area contributed by atoms with Crippen molar-refractivity contribution in [1.82, 2.24) is 15.1 Å². The SMILES string of the molecule is CCOC(=O)n1nc(C2=CCNC=N2)c(Br)c1N. The van der Waals surface area contributed by atoms with Crippen molar-refractivity contribution in [2.75, 3.05) is 18.9 Å². The van der Waals surface area contributed by atoms with Crippen molar-refractivity contribution in [2.24, 2.45) is 4.99 Å². The summed E-state index contributed by atoms with van der Waals surface area (Å²) in [5.41, 5.74) is 6.96. The van der Waals surface area contributed by atoms with Gasteiger partial charge in [-0.15, -0.1) is 4.68 Å². The molecule has 2 heterocycles. The molecule has 7 nitrogen and oxygen atoms in total. The number of carbonyl (C=O) groups excluding carboxylic acids is 1. The molecule has 3 N–H and O–H groups in total. The van der Waals surface area contributed by atoms with Crippen LogP contribution in [0.2, 0.25) is 0 Å². The van der Waals surface area contributed by atoms with Crippen LogP contribution in [-0.4, -0.2) is 35.4 Å². The van der Waals surface area contributed by atoms with Crippen LogP contribution in [0.25, 0.3) is 5.70 Å². The Kier molecular flexibility index (Phi) is 3.66. The second-order valence-corrected chi connectivity index (χ2v) is 4.21. The van der Waals surface area contributed by atoms with Gasteiger partial charge in [0.25, 0.3) is 0 Å². The lowest BCUT2D eigenvalue weighted by Crippen LogP contribution is -2.17. The molecule has 96 valence electrons. The van der Waals surface area contributed by atoms with Crippen molar-refractivity contribution in [3.8, 4) is 0 Å². The molecule has 0 radical (unpaired) electrons. The first-order valence-electron chi connectivity index (χ1n) is 5.32. The Hall–Kier alpha value is -1.83. The molecule has 0 aliphatic carbocycles. The summed E-state index contributed by atoms with van der Waals surface area (Å²) in [4.78, 5) is 15.8. The number of aliphatic imine (C=N–C) groups is 1. The normalized spacial score (nSPS) is 14.0. The van der Waals surface area contributed by atoms with E-state index in [1.807, 2.05) is 6.08 Å². The Morgan fingerprint density at radius 2 is 2.50 bits per heavy atom. The highest BCUT2D eigenvalue weighted by Crippen LogP contribution is 2.30. The quantitative estimate of drug-likeness (QED) is 0.855. The first-order chi connectivity index (χ1) is 8.65. The second kappa shape index (κ2) is 5.21. The molecule has 0 aromatic carbocycles. The number of aromatic nitrogens is 2. The highest BCUT2D eigenvalue weighted by molar-refractivity contribution is 9.10. The number of hydrogen-bond acceptors (Lipinski definition) is 6. The van der Waals surface area contributed by atoms with Gasteiger partial charge in [-0.3, -0.25) is 0 Å². The maximum absolute atomic E-state index is 11.6. The van der Waals surface area contributed by atoms with Crippen LogP contribution in [0.1, 0.15) is 12.6 Å². The number of nitrogens with zero attached hydrogens (tertiary/aromatic N) is 3. The highest BCUT2D eigenvalue weighted by atomic mass is 79.9. The minimum atomic E-state index is -0.611. The zero-order valence-corrected chi connectivity index (χ0v) is 11.3. The average Bonchev–Trinajstić information content (AvgIpc) is 2.68. The standard InChI is InChI=1S/C10H12BrN5O2/c1-2-18-10(17)16-9(12)7(11)8(15-16)6-3-4-13-5-14-6/h3,5H,2,4,12H2,1H3,(H,13,14). The molecule has 2 rings (SSSR count). The first-order valence-corrected chi connectivity index (χ1v) is 6.12. The van der Waals surface area contributed by atoms with E-state index in [-0.39, 0.29) is 12.4 Å². The topological polar surface area (TPSA) is 94.5 Å². The molecule has 1 aliphatic heterocycles. The van der Waals surface area contributed by atoms with E-state index in [0.717, 1.165) is 4.68 Å². The number of nitrogen functional groups attached to an aromatic ring is 1. The predicted octanol–water partition coefficient (Wildman–Crippen LogP) is 1.20. The fraction of sp³-hybridized carbons (Fsp3) is 0.300. The maximum atomic E-state index is 11.6. The molecule has 0 amide bonds. The van der Waals surface area contributed by atoms with E-state index in [4.69, 9.17) is 10.5 Å². The van der Waals surface area contributed by atoms with Gasteiger partial charge in [-0.2, -0.15) is 5.10 Å². The lowest BCUT2D eigenvalue weighted by atomic mass is 10.3. The summed E-state index contributed by atoms with van der Waals surface area (Å²) in [7, 11) is 0. The van der Waals surface area contributed by atoms with Crippen LogP contribution in [0.3, 0.4) is 0 Å². The van der Waals surface area contributed by atoms with Crippen LogP contribution in [0.4, 0.5) is 10.6 Å². The molecule has 18 heavy (non-hydrogen) atoms. The molecule has 1 aromatic heterocycles. The average molecular weight is 314 g/mol. The molecule has 0 spiro atoms. The molecular weight excluding hydrogens is 302 g/mol. The van der Waals surface area contributed by atoms with Crippen LogP contribution in [-0.2, 0) is 4.74 Å². The Balaban J connectivity index is 2.39. The van der Waals surface area contributed by atoms with Crippen molar-refractivity contribution in [1.29, 1.82) is 0 Å². The van der Waals surface area contributed by atoms with Crippen LogP contribution in [0, 0.1) is 0 Å². The smallest absolute Gasteiger partial charge is 0.436 e. The van der Waals surface area contributed by atoms with Crippen molar-refractivity contribution in [3.63, 3.8) is 0 Å². The fourth-order valence-corrected chi connectivity index (χ4v) is 1.88. The molecule has 0 bridgehead atoms. The third-order valence-electron chi connectivity index (χ3n) is 2.25. The van der Waals surface area contributed by atoms with Crippen LogP contribution in [0.15, 0.2) is 15.5 Å². The molecule has 8 heteroatoms. The summed E-state index contributed by atoms with van der Waals surface area (Å²) in [5, 5.41) is 7.04. The Labute approximate surface area is 112 Å². The number of nitrogens with one attached hydrogen (secondary N) is 1. The lowest BCUT2D eigenvalue weighted by molar-refractivity contribution is 0.151. The van der Waals surface area contributed by atoms with Crippen molar-refractivity contribution in [2.45, 2.75) is 6.92 Å². The van der Waals surface area contributed by atoms with Gasteiger partial charge in [0, 0.05) is 6.54 Å². The van der Waals surface area contributed by atoms with E-state index in [1.54, 1.807) is 13.3 Å². The van der Waals surface area contributed by atoms with Crippen LogP contribution >= 0.6 is 15.9 Å². The first kappa shape index (κ1) is 12.6. The van der Waals surface area contributed by atoms with E-state index in [0.29, 0.717) is 22.4 Å². The van der Waals surface area contributed by atoms with Gasteiger partial charge < -0.3 is 15.8 Å². The van der Waals surface area contributed by atoms with E-state index in [2.05, 4.69) is 31.3 Å². The van der Waals surface area contributed by atoms with E-state index >= 15 is 0 Å². The van der Waals surface area contributed by atoms with Crippen LogP contribution < -0.4 is 11.1 Å². The summed E-state index contributed by atoms with van der Waals surface area (Å²) in [5.74, 6) is 0.193. The Morgan fingerprint density at radius 1 is 1.72 bits per heavy atom. The van der Waals surface area contributed by atoms with Gasteiger partial charge in [0.15, 0.2) is 0 Å². The van der Waals surface area contributed by atoms with Gasteiger partial charge >= 0.3 is 6.09 Å². The number of ether oxygens (including phenoxy) is 1. The van der Waals surface area contributed by atoms with Gasteiger partial charge in [-0.1, -0.05) is 0 Å². The van der Waals surface area contributed by atoms with Crippen molar-refractivity contribution >= 4 is 39.9 Å². The third-order valence-corrected chi connectivity index (χ3v) is 3.03. The lowest BCUT2D eigenvalue weighted by Gasteiger charge is -2.05. The summed E-state index contributed by atoms with van der Waals surface area (Å²) >= 11 is 3.30. The fourth-order valence-electron chi connectivity index (χ4n) is 1.43. The molecule has 0 saturated heterocycles. The van der Waals surface area contributed by atoms with E-state index in [9.17, 15) is 4.79 Å².